The van der Waals surface area contributed by atoms with Crippen LogP contribution in [0.15, 0.2) is 37.2 Å². The zero-order chi connectivity index (χ0) is 34.5. The maximum absolute atomic E-state index is 10.6. The molecule has 2 atom stereocenters. The lowest BCUT2D eigenvalue weighted by atomic mass is 10.2. The second kappa shape index (κ2) is 27.5. The van der Waals surface area contributed by atoms with E-state index in [9.17, 15) is 13.2 Å². The second-order valence-electron chi connectivity index (χ2n) is 9.77. The lowest BCUT2D eigenvalue weighted by Crippen LogP contribution is -2.36. The van der Waals surface area contributed by atoms with Gasteiger partial charge >= 0.3 is 6.15 Å². The van der Waals surface area contributed by atoms with Crippen LogP contribution in [0.1, 0.15) is 50.1 Å². The molecule has 3 aliphatic heterocycles. The molecule has 3 aromatic heterocycles. The van der Waals surface area contributed by atoms with Gasteiger partial charge in [-0.05, 0) is 45.7 Å². The molecule has 0 spiro atoms. The van der Waals surface area contributed by atoms with Crippen LogP contribution in [0.2, 0.25) is 0 Å². The van der Waals surface area contributed by atoms with E-state index in [4.69, 9.17) is 25.5 Å². The van der Waals surface area contributed by atoms with Crippen molar-refractivity contribution in [2.24, 2.45) is 5.73 Å². The number of primary amides is 1. The summed E-state index contributed by atoms with van der Waals surface area (Å²) in [5, 5.41) is 25.9. The first-order valence-electron chi connectivity index (χ1n) is 14.9. The molecule has 0 radical (unpaired) electrons. The number of H-pyrrole nitrogens is 3. The highest BCUT2D eigenvalue weighted by molar-refractivity contribution is 7.91. The van der Waals surface area contributed by atoms with Gasteiger partial charge in [-0.15, -0.1) is 0 Å². The van der Waals surface area contributed by atoms with E-state index in [1.807, 2.05) is 13.1 Å². The number of nitrogens with one attached hydrogen (secondary N) is 6. The van der Waals surface area contributed by atoms with Crippen molar-refractivity contribution in [3.05, 3.63) is 54.7 Å². The lowest BCUT2D eigenvalue weighted by molar-refractivity contribution is -0.191. The minimum absolute atomic E-state index is 0.00694. The molecule has 3 fully saturated rings. The number of sulfone groups is 1. The fraction of sp³-hybridized carbons (Fsp3) is 0.607. The van der Waals surface area contributed by atoms with Crippen LogP contribution in [-0.2, 0) is 37.2 Å². The average molecular weight is 671 g/mol. The van der Waals surface area contributed by atoms with E-state index >= 15 is 0 Å². The highest BCUT2D eigenvalue weighted by atomic mass is 32.2. The highest BCUT2D eigenvalue weighted by Crippen LogP contribution is 2.03. The Morgan fingerprint density at radius 3 is 1.65 bits per heavy atom. The van der Waals surface area contributed by atoms with E-state index in [0.717, 1.165) is 50.4 Å². The number of aromatic nitrogens is 6. The van der Waals surface area contributed by atoms with Crippen LogP contribution < -0.4 is 21.7 Å². The third kappa shape index (κ3) is 23.6. The van der Waals surface area contributed by atoms with Crippen LogP contribution in [-0.4, -0.2) is 117 Å². The zero-order valence-corrected chi connectivity index (χ0v) is 27.4. The summed E-state index contributed by atoms with van der Waals surface area (Å²) in [7, 11) is -2.65. The van der Waals surface area contributed by atoms with Crippen molar-refractivity contribution in [3.63, 3.8) is 0 Å². The van der Waals surface area contributed by atoms with Gasteiger partial charge in [0.15, 0.2) is 9.84 Å². The monoisotopic (exact) mass is 670 g/mol. The Morgan fingerprint density at radius 1 is 0.891 bits per heavy atom. The van der Waals surface area contributed by atoms with Crippen molar-refractivity contribution in [1.82, 2.24) is 45.9 Å². The van der Waals surface area contributed by atoms with Crippen LogP contribution in [0.3, 0.4) is 0 Å². The molecule has 17 nitrogen and oxygen atoms in total. The number of aliphatic hydroxyl groups excluding tert-OH is 2. The fourth-order valence-electron chi connectivity index (χ4n) is 3.74. The summed E-state index contributed by atoms with van der Waals surface area (Å²) in [6.45, 7) is 7.56. The average Bonchev–Trinajstić information content (AvgIpc) is 3.90. The first-order chi connectivity index (χ1) is 22.1. The molecule has 3 aromatic rings. The zero-order valence-electron chi connectivity index (χ0n) is 26.6. The molecule has 0 aliphatic carbocycles. The number of rotatable bonds is 4. The Kier molecular flexibility index (Phi) is 25.3. The van der Waals surface area contributed by atoms with Crippen molar-refractivity contribution in [1.29, 1.82) is 0 Å². The number of imidazole rings is 3. The van der Waals surface area contributed by atoms with Crippen molar-refractivity contribution >= 4 is 21.9 Å². The fourth-order valence-corrected chi connectivity index (χ4v) is 4.86. The number of carbonyl (C=O) groups is 1. The molecule has 0 bridgehead atoms. The molecule has 260 valence electrons. The largest absolute Gasteiger partial charge is 0.395 e. The molecular weight excluding hydrogens is 620 g/mol. The van der Waals surface area contributed by atoms with Crippen LogP contribution >= 0.6 is 0 Å². The van der Waals surface area contributed by atoms with Gasteiger partial charge in [-0.1, -0.05) is 6.92 Å². The predicted molar refractivity (Wildman–Crippen MR) is 171 cm³/mol. The van der Waals surface area contributed by atoms with Crippen LogP contribution in [0, 0.1) is 6.92 Å². The molecule has 18 heteroatoms. The molecule has 3 saturated heterocycles. The number of carbonyl (C=O) groups excluding carboxylic acids is 3. The smallest absolute Gasteiger partial charge is 0.373 e. The molecule has 1 amide bonds. The van der Waals surface area contributed by atoms with Gasteiger partial charge in [0, 0.05) is 62.7 Å². The summed E-state index contributed by atoms with van der Waals surface area (Å²) in [6.07, 6.45) is 16.0. The van der Waals surface area contributed by atoms with Gasteiger partial charge in [-0.2, -0.15) is 9.59 Å². The summed E-state index contributed by atoms with van der Waals surface area (Å²) < 4.78 is 21.2. The number of aliphatic hydroxyl groups is 2. The molecule has 2 unspecified atom stereocenters. The minimum Gasteiger partial charge on any atom is -0.395 e. The molecule has 0 saturated carbocycles. The third-order valence-corrected chi connectivity index (χ3v) is 7.85. The number of aromatic amines is 3. The van der Waals surface area contributed by atoms with Crippen molar-refractivity contribution < 1.29 is 33.0 Å². The molecule has 46 heavy (non-hydrogen) atoms. The van der Waals surface area contributed by atoms with E-state index < -0.39 is 9.84 Å². The maximum atomic E-state index is 10.6. The molecule has 0 aromatic carbocycles. The lowest BCUT2D eigenvalue weighted by Gasteiger charge is -2.10. The summed E-state index contributed by atoms with van der Waals surface area (Å²) in [6, 6.07) is 0.356. The van der Waals surface area contributed by atoms with Gasteiger partial charge in [0.05, 0.1) is 24.2 Å². The van der Waals surface area contributed by atoms with Crippen LogP contribution in [0.4, 0.5) is 0 Å². The Balaban J connectivity index is 0.000000520. The number of nitrogens with two attached hydrogens (primary N) is 1. The predicted octanol–water partition coefficient (Wildman–Crippen LogP) is -1.03. The molecule has 6 heterocycles. The van der Waals surface area contributed by atoms with E-state index in [1.165, 1.54) is 6.42 Å². The van der Waals surface area contributed by atoms with Gasteiger partial charge in [0.1, 0.15) is 24.1 Å². The van der Waals surface area contributed by atoms with E-state index in [-0.39, 0.29) is 24.7 Å². The van der Waals surface area contributed by atoms with Crippen molar-refractivity contribution in [3.8, 4) is 0 Å². The summed E-state index contributed by atoms with van der Waals surface area (Å²) in [4.78, 5) is 46.8. The maximum Gasteiger partial charge on any atom is 0.373 e. The number of nitrogens with zero attached hydrogens (tertiary/aromatic N) is 3. The Hall–Kier alpha value is -3.77. The van der Waals surface area contributed by atoms with Crippen LogP contribution in [0.5, 0.6) is 0 Å². The summed E-state index contributed by atoms with van der Waals surface area (Å²) in [5.74, 6) is 3.04. The van der Waals surface area contributed by atoms with E-state index in [2.05, 4.69) is 52.8 Å². The van der Waals surface area contributed by atoms with E-state index in [1.54, 1.807) is 31.0 Å². The quantitative estimate of drug-likeness (QED) is 0.161. The Bertz CT molecular complexity index is 1180. The van der Waals surface area contributed by atoms with E-state index in [0.29, 0.717) is 43.1 Å². The van der Waals surface area contributed by atoms with Crippen LogP contribution in [0.25, 0.3) is 0 Å². The highest BCUT2D eigenvalue weighted by Gasteiger charge is 2.18. The Morgan fingerprint density at radius 2 is 1.43 bits per heavy atom. The Labute approximate surface area is 269 Å². The standard InChI is InChI=1S/C5H10N2O.C5H8N2.C5H11NO.C4H6N2O.C4H6N2.C4H9NO2S.CO2/c6-5(8)4-2-1-3-7-4;1-2-5-6-3-4-7-5;7-4-5-2-1-3-6-5;7-3-4-5-1-2-6-4;1-4-5-2-3-6-4;6-8(7)3-1-5-2-4-8;2-1-3/h4,7H,1-3H2,(H2,6,8);3-4H,2H2,1H3,(H,6,7);5-7H,1-4H2;1-2,7H,3H2,(H,5,6);2-3H,1H3,(H,5,6);5H,1-4H2;. The van der Waals surface area contributed by atoms with Crippen molar-refractivity contribution in [2.45, 2.75) is 64.6 Å². The third-order valence-electron chi connectivity index (χ3n) is 6.20. The first-order valence-corrected chi connectivity index (χ1v) is 16.7. The number of hydrogen-bond donors (Lipinski definition) is 9. The summed E-state index contributed by atoms with van der Waals surface area (Å²) >= 11 is 0. The van der Waals surface area contributed by atoms with Gasteiger partial charge in [0.2, 0.25) is 5.91 Å². The minimum atomic E-state index is -2.65. The first kappa shape index (κ1) is 42.2. The number of amides is 1. The van der Waals surface area contributed by atoms with Gasteiger partial charge in [-0.25, -0.2) is 23.4 Å². The number of hydrogen-bond acceptors (Lipinski definition) is 13. The molecule has 3 aliphatic rings. The summed E-state index contributed by atoms with van der Waals surface area (Å²) in [5.41, 5.74) is 5.00. The van der Waals surface area contributed by atoms with Gasteiger partial charge < -0.3 is 46.8 Å². The van der Waals surface area contributed by atoms with Crippen molar-refractivity contribution in [2.75, 3.05) is 44.3 Å². The molecule has 6 rings (SSSR count). The van der Waals surface area contributed by atoms with Gasteiger partial charge in [-0.3, -0.25) is 4.79 Å². The SMILES string of the molecule is CCc1ncc[nH]1.Cc1ncc[nH]1.NC(=O)C1CCCN1.O=C=O.O=S1(=O)CCNCC1.OCC1CCCN1.OCc1ncc[nH]1. The second-order valence-corrected chi connectivity index (χ2v) is 12.1. The molecule has 10 N–H and O–H groups in total. The normalized spacial score (nSPS) is 18.6. The molecular formula is C28H50N10O7S. The topological polar surface area (TPSA) is 274 Å². The van der Waals surface area contributed by atoms with Gasteiger partial charge in [0.25, 0.3) is 0 Å². The number of aryl methyl sites for hydroxylation is 2.